The largest absolute Gasteiger partial charge is 0.497 e. The number of rotatable bonds is 8. The Labute approximate surface area is 207 Å². The molecule has 0 spiro atoms. The third kappa shape index (κ3) is 6.97. The summed E-state index contributed by atoms with van der Waals surface area (Å²) in [6.45, 7) is 8.80. The summed E-state index contributed by atoms with van der Waals surface area (Å²) < 4.78 is 10.5. The average molecular weight is 482 g/mol. The monoisotopic (exact) mass is 481 g/mol. The maximum absolute atomic E-state index is 13.7. The van der Waals surface area contributed by atoms with Crippen LogP contribution in [-0.2, 0) is 14.3 Å². The minimum atomic E-state index is -0.870. The van der Waals surface area contributed by atoms with Crippen LogP contribution in [-0.4, -0.2) is 47.6 Å². The summed E-state index contributed by atoms with van der Waals surface area (Å²) in [7, 11) is 1.58. The maximum atomic E-state index is 13.7. The molecular weight excluding hydrogens is 446 g/mol. The first-order valence-electron chi connectivity index (χ1n) is 11.8. The van der Waals surface area contributed by atoms with E-state index >= 15 is 0 Å². The summed E-state index contributed by atoms with van der Waals surface area (Å²) in [6, 6.07) is 12.7. The molecule has 8 heteroatoms. The molecular formula is C27H35N3O5. The zero-order valence-corrected chi connectivity index (χ0v) is 21.3. The first-order chi connectivity index (χ1) is 16.5. The molecule has 1 aliphatic rings. The van der Waals surface area contributed by atoms with Crippen LogP contribution < -0.4 is 15.4 Å². The normalized spacial score (nSPS) is 14.9. The fraction of sp³-hybridized carbons (Fsp3) is 0.444. The molecule has 188 valence electrons. The molecule has 0 heterocycles. The summed E-state index contributed by atoms with van der Waals surface area (Å²) in [5.41, 5.74) is 1.54. The van der Waals surface area contributed by atoms with Crippen molar-refractivity contribution in [2.45, 2.75) is 71.2 Å². The highest BCUT2D eigenvalue weighted by Crippen LogP contribution is 2.37. The molecule has 2 aromatic rings. The Morgan fingerprint density at radius 3 is 2.20 bits per heavy atom. The number of carbonyl (C=O) groups excluding carboxylic acids is 3. The summed E-state index contributed by atoms with van der Waals surface area (Å²) in [6.07, 6.45) is 0.913. The molecule has 0 aliphatic heterocycles. The van der Waals surface area contributed by atoms with Gasteiger partial charge < -0.3 is 25.0 Å². The second-order valence-corrected chi connectivity index (χ2v) is 9.82. The van der Waals surface area contributed by atoms with Crippen LogP contribution in [0.2, 0.25) is 0 Å². The van der Waals surface area contributed by atoms with Crippen LogP contribution in [0.1, 0.15) is 57.7 Å². The second kappa shape index (κ2) is 10.8. The number of hydrogen-bond acceptors (Lipinski definition) is 5. The van der Waals surface area contributed by atoms with E-state index in [1.165, 1.54) is 0 Å². The van der Waals surface area contributed by atoms with Crippen molar-refractivity contribution >= 4 is 23.6 Å². The summed E-state index contributed by atoms with van der Waals surface area (Å²) in [5, 5.41) is 5.57. The van der Waals surface area contributed by atoms with Crippen molar-refractivity contribution in [2.24, 2.45) is 0 Å². The summed E-state index contributed by atoms with van der Waals surface area (Å²) in [5.74, 6) is 0.0148. The number of alkyl carbamates (subject to hydrolysis) is 1. The number of benzene rings is 2. The number of anilines is 1. The molecule has 2 N–H and O–H groups in total. The lowest BCUT2D eigenvalue weighted by atomic mass is 9.98. The van der Waals surface area contributed by atoms with Crippen LogP contribution in [0.4, 0.5) is 10.5 Å². The van der Waals surface area contributed by atoms with E-state index in [9.17, 15) is 14.4 Å². The van der Waals surface area contributed by atoms with Gasteiger partial charge in [0, 0.05) is 11.7 Å². The number of hydrogen-bond donors (Lipinski definition) is 2. The van der Waals surface area contributed by atoms with Crippen molar-refractivity contribution in [1.82, 2.24) is 10.2 Å². The van der Waals surface area contributed by atoms with Gasteiger partial charge in [-0.3, -0.25) is 9.59 Å². The Kier molecular flexibility index (Phi) is 8.04. The van der Waals surface area contributed by atoms with Gasteiger partial charge in [0.2, 0.25) is 5.91 Å². The Hall–Kier alpha value is -3.55. The van der Waals surface area contributed by atoms with Crippen molar-refractivity contribution in [3.8, 4) is 5.75 Å². The average Bonchev–Trinajstić information content (AvgIpc) is 3.62. The van der Waals surface area contributed by atoms with Gasteiger partial charge in [0.05, 0.1) is 7.11 Å². The van der Waals surface area contributed by atoms with Crippen LogP contribution in [0.25, 0.3) is 0 Å². The summed E-state index contributed by atoms with van der Waals surface area (Å²) >= 11 is 0. The van der Waals surface area contributed by atoms with E-state index in [1.807, 2.05) is 31.2 Å². The zero-order valence-electron chi connectivity index (χ0n) is 21.3. The minimum absolute atomic E-state index is 0.0865. The molecule has 0 radical (unpaired) electrons. The number of ether oxygens (including phenoxy) is 2. The van der Waals surface area contributed by atoms with Gasteiger partial charge >= 0.3 is 6.09 Å². The highest BCUT2D eigenvalue weighted by Gasteiger charge is 2.43. The van der Waals surface area contributed by atoms with E-state index < -0.39 is 23.8 Å². The molecule has 2 aromatic carbocycles. The van der Waals surface area contributed by atoms with Crippen LogP contribution >= 0.6 is 0 Å². The molecule has 2 unspecified atom stereocenters. The molecule has 35 heavy (non-hydrogen) atoms. The van der Waals surface area contributed by atoms with Crippen LogP contribution in [0.5, 0.6) is 5.75 Å². The van der Waals surface area contributed by atoms with Crippen molar-refractivity contribution in [3.63, 3.8) is 0 Å². The molecule has 2 atom stereocenters. The molecule has 0 saturated heterocycles. The topological polar surface area (TPSA) is 97.0 Å². The van der Waals surface area contributed by atoms with E-state index in [4.69, 9.17) is 9.47 Å². The van der Waals surface area contributed by atoms with Crippen LogP contribution in [0.15, 0.2) is 48.5 Å². The standard InChI is InChI=1S/C27H35N3O5/c1-17-9-7-8-10-22(17)23(24(31)29-19-11-15-21(34-6)16-12-19)30(20-13-14-20)25(32)18(2)28-26(33)35-27(3,4)5/h7-12,15-16,18,20,23H,13-14H2,1-6H3,(H,28,33)(H,29,31). The first kappa shape index (κ1) is 26.1. The molecule has 0 bridgehead atoms. The van der Waals surface area contributed by atoms with Gasteiger partial charge in [-0.1, -0.05) is 24.3 Å². The smallest absolute Gasteiger partial charge is 0.408 e. The van der Waals surface area contributed by atoms with E-state index in [-0.39, 0.29) is 17.9 Å². The number of carbonyl (C=O) groups is 3. The van der Waals surface area contributed by atoms with Crippen LogP contribution in [0.3, 0.4) is 0 Å². The van der Waals surface area contributed by atoms with Gasteiger partial charge in [-0.2, -0.15) is 0 Å². The van der Waals surface area contributed by atoms with Crippen molar-refractivity contribution in [3.05, 3.63) is 59.7 Å². The predicted octanol–water partition coefficient (Wildman–Crippen LogP) is 4.59. The van der Waals surface area contributed by atoms with E-state index in [2.05, 4.69) is 10.6 Å². The SMILES string of the molecule is COc1ccc(NC(=O)C(c2ccccc2C)N(C(=O)C(C)NC(=O)OC(C)(C)C)C2CC2)cc1. The molecule has 3 amide bonds. The fourth-order valence-electron chi connectivity index (χ4n) is 3.84. The highest BCUT2D eigenvalue weighted by molar-refractivity contribution is 5.99. The Morgan fingerprint density at radius 2 is 1.66 bits per heavy atom. The van der Waals surface area contributed by atoms with E-state index in [0.29, 0.717) is 11.4 Å². The molecule has 1 saturated carbocycles. The fourth-order valence-corrected chi connectivity index (χ4v) is 3.84. The van der Waals surface area contributed by atoms with Gasteiger partial charge in [0.1, 0.15) is 23.4 Å². The maximum Gasteiger partial charge on any atom is 0.408 e. The lowest BCUT2D eigenvalue weighted by Crippen LogP contribution is -2.52. The third-order valence-corrected chi connectivity index (χ3v) is 5.67. The van der Waals surface area contributed by atoms with Gasteiger partial charge in [0.25, 0.3) is 5.91 Å². The van der Waals surface area contributed by atoms with Gasteiger partial charge in [-0.05, 0) is 82.9 Å². The number of aryl methyl sites for hydroxylation is 1. The Bertz CT molecular complexity index is 1060. The third-order valence-electron chi connectivity index (χ3n) is 5.67. The molecule has 1 aliphatic carbocycles. The molecule has 8 nitrogen and oxygen atoms in total. The quantitative estimate of drug-likeness (QED) is 0.575. The van der Waals surface area contributed by atoms with Gasteiger partial charge in [0.15, 0.2) is 0 Å². The lowest BCUT2D eigenvalue weighted by Gasteiger charge is -2.34. The molecule has 0 aromatic heterocycles. The minimum Gasteiger partial charge on any atom is -0.497 e. The number of amides is 3. The highest BCUT2D eigenvalue weighted by atomic mass is 16.6. The first-order valence-corrected chi connectivity index (χ1v) is 11.8. The Morgan fingerprint density at radius 1 is 1.03 bits per heavy atom. The zero-order chi connectivity index (χ0) is 25.8. The van der Waals surface area contributed by atoms with Crippen molar-refractivity contribution in [1.29, 1.82) is 0 Å². The van der Waals surface area contributed by atoms with Crippen molar-refractivity contribution in [2.75, 3.05) is 12.4 Å². The van der Waals surface area contributed by atoms with E-state index in [0.717, 1.165) is 24.0 Å². The lowest BCUT2D eigenvalue weighted by molar-refractivity contribution is -0.141. The Balaban J connectivity index is 1.90. The number of nitrogens with one attached hydrogen (secondary N) is 2. The van der Waals surface area contributed by atoms with Crippen LogP contribution in [0, 0.1) is 6.92 Å². The number of methoxy groups -OCH3 is 1. The van der Waals surface area contributed by atoms with Crippen molar-refractivity contribution < 1.29 is 23.9 Å². The molecule has 1 fully saturated rings. The molecule has 3 rings (SSSR count). The predicted molar refractivity (Wildman–Crippen MR) is 134 cm³/mol. The summed E-state index contributed by atoms with van der Waals surface area (Å²) in [4.78, 5) is 41.3. The van der Waals surface area contributed by atoms with Gasteiger partial charge in [-0.15, -0.1) is 0 Å². The number of nitrogens with zero attached hydrogens (tertiary/aromatic N) is 1. The van der Waals surface area contributed by atoms with Gasteiger partial charge in [-0.25, -0.2) is 4.79 Å². The van der Waals surface area contributed by atoms with E-state index in [1.54, 1.807) is 64.0 Å². The second-order valence-electron chi connectivity index (χ2n) is 9.82.